The lowest BCUT2D eigenvalue weighted by atomic mass is 10.1. The van der Waals surface area contributed by atoms with E-state index in [1.54, 1.807) is 19.5 Å². The van der Waals surface area contributed by atoms with Gasteiger partial charge in [0.05, 0.1) is 11.9 Å². The van der Waals surface area contributed by atoms with Crippen molar-refractivity contribution >= 4 is 5.95 Å². The molecule has 1 aliphatic heterocycles. The molecule has 1 atom stereocenters. The lowest BCUT2D eigenvalue weighted by Gasteiger charge is -2.33. The normalized spacial score (nSPS) is 18.3. The van der Waals surface area contributed by atoms with Gasteiger partial charge in [0, 0.05) is 45.2 Å². The van der Waals surface area contributed by atoms with Crippen LogP contribution in [0.1, 0.15) is 24.1 Å². The number of methoxy groups -OCH3 is 1. The van der Waals surface area contributed by atoms with E-state index in [-0.39, 0.29) is 0 Å². The van der Waals surface area contributed by atoms with Gasteiger partial charge in [-0.1, -0.05) is 0 Å². The molecule has 0 aliphatic carbocycles. The molecular formula is C16H24N6O. The van der Waals surface area contributed by atoms with Gasteiger partial charge in [0.25, 0.3) is 0 Å². The van der Waals surface area contributed by atoms with Crippen LogP contribution in [0.4, 0.5) is 5.95 Å². The van der Waals surface area contributed by atoms with Crippen LogP contribution >= 0.6 is 0 Å². The van der Waals surface area contributed by atoms with E-state index in [2.05, 4.69) is 32.2 Å². The Bertz CT molecular complexity index is 614. The summed E-state index contributed by atoms with van der Waals surface area (Å²) in [6.07, 6.45) is 7.80. The SMILES string of the molecule is COCn1ncc(C)c1CNC1CCCN(c2ncccn2)C1. The highest BCUT2D eigenvalue weighted by molar-refractivity contribution is 5.29. The van der Waals surface area contributed by atoms with Crippen LogP contribution in [0.25, 0.3) is 0 Å². The summed E-state index contributed by atoms with van der Waals surface area (Å²) in [7, 11) is 1.69. The Hall–Kier alpha value is -1.99. The standard InChI is InChI=1S/C16H24N6O/c1-13-9-20-22(12-23-2)15(13)10-19-14-5-3-8-21(11-14)16-17-6-4-7-18-16/h4,6-7,9,14,19H,3,5,8,10-12H2,1-2H3. The molecule has 1 fully saturated rings. The van der Waals surface area contributed by atoms with Crippen molar-refractivity contribution in [3.63, 3.8) is 0 Å². The number of nitrogens with one attached hydrogen (secondary N) is 1. The van der Waals surface area contributed by atoms with Gasteiger partial charge in [-0.05, 0) is 31.4 Å². The number of aromatic nitrogens is 4. The first-order chi connectivity index (χ1) is 11.3. The van der Waals surface area contributed by atoms with Crippen LogP contribution in [0, 0.1) is 6.92 Å². The Balaban J connectivity index is 1.59. The molecule has 1 saturated heterocycles. The third kappa shape index (κ3) is 3.86. The zero-order valence-electron chi connectivity index (χ0n) is 13.8. The van der Waals surface area contributed by atoms with Crippen molar-refractivity contribution in [1.82, 2.24) is 25.1 Å². The average Bonchev–Trinajstić information content (AvgIpc) is 2.94. The molecule has 2 aromatic rings. The molecular weight excluding hydrogens is 292 g/mol. The lowest BCUT2D eigenvalue weighted by molar-refractivity contribution is 0.117. The Morgan fingerprint density at radius 2 is 2.17 bits per heavy atom. The molecule has 0 bridgehead atoms. The molecule has 0 aromatic carbocycles. The first kappa shape index (κ1) is 15.9. The van der Waals surface area contributed by atoms with Gasteiger partial charge < -0.3 is 15.0 Å². The van der Waals surface area contributed by atoms with Crippen molar-refractivity contribution in [3.05, 3.63) is 35.9 Å². The summed E-state index contributed by atoms with van der Waals surface area (Å²) >= 11 is 0. The van der Waals surface area contributed by atoms with E-state index in [1.807, 2.05) is 16.9 Å². The number of hydrogen-bond donors (Lipinski definition) is 1. The van der Waals surface area contributed by atoms with Gasteiger partial charge in [-0.2, -0.15) is 5.10 Å². The molecule has 3 heterocycles. The maximum atomic E-state index is 5.20. The smallest absolute Gasteiger partial charge is 0.225 e. The van der Waals surface area contributed by atoms with Crippen LogP contribution in [-0.4, -0.2) is 46.0 Å². The third-order valence-electron chi connectivity index (χ3n) is 4.22. The minimum atomic E-state index is 0.429. The van der Waals surface area contributed by atoms with Crippen molar-refractivity contribution in [2.24, 2.45) is 0 Å². The largest absolute Gasteiger partial charge is 0.362 e. The summed E-state index contributed by atoms with van der Waals surface area (Å²) in [5.74, 6) is 0.819. The Morgan fingerprint density at radius 1 is 1.35 bits per heavy atom. The Morgan fingerprint density at radius 3 is 2.96 bits per heavy atom. The second kappa shape index (κ2) is 7.52. The molecule has 124 valence electrons. The van der Waals surface area contributed by atoms with Crippen LogP contribution in [0.5, 0.6) is 0 Å². The van der Waals surface area contributed by atoms with Gasteiger partial charge in [-0.15, -0.1) is 0 Å². The molecule has 0 amide bonds. The summed E-state index contributed by atoms with van der Waals surface area (Å²) in [5.41, 5.74) is 2.37. The highest BCUT2D eigenvalue weighted by Crippen LogP contribution is 2.16. The fourth-order valence-corrected chi connectivity index (χ4v) is 2.99. The summed E-state index contributed by atoms with van der Waals surface area (Å²) in [6.45, 7) is 5.31. The molecule has 7 heteroatoms. The van der Waals surface area contributed by atoms with Gasteiger partial charge in [0.15, 0.2) is 0 Å². The molecule has 3 rings (SSSR count). The molecule has 7 nitrogen and oxygen atoms in total. The summed E-state index contributed by atoms with van der Waals surface area (Å²) in [4.78, 5) is 11.0. The molecule has 0 spiro atoms. The average molecular weight is 316 g/mol. The van der Waals surface area contributed by atoms with Gasteiger partial charge in [0.2, 0.25) is 5.95 Å². The number of anilines is 1. The van der Waals surface area contributed by atoms with Crippen molar-refractivity contribution < 1.29 is 4.74 Å². The summed E-state index contributed by atoms with van der Waals surface area (Å²) in [6, 6.07) is 2.28. The highest BCUT2D eigenvalue weighted by Gasteiger charge is 2.21. The van der Waals surface area contributed by atoms with E-state index in [0.29, 0.717) is 12.8 Å². The number of hydrogen-bond acceptors (Lipinski definition) is 6. The number of aryl methyl sites for hydroxylation is 1. The maximum Gasteiger partial charge on any atom is 0.225 e. The second-order valence-electron chi connectivity index (χ2n) is 5.91. The van der Waals surface area contributed by atoms with Gasteiger partial charge in [-0.3, -0.25) is 0 Å². The Kier molecular flexibility index (Phi) is 5.19. The van der Waals surface area contributed by atoms with Crippen LogP contribution < -0.4 is 10.2 Å². The summed E-state index contributed by atoms with van der Waals surface area (Å²) in [5, 5.41) is 8.00. The topological polar surface area (TPSA) is 68.1 Å². The number of ether oxygens (including phenoxy) is 1. The third-order valence-corrected chi connectivity index (χ3v) is 4.22. The van der Waals surface area contributed by atoms with E-state index >= 15 is 0 Å². The summed E-state index contributed by atoms with van der Waals surface area (Å²) < 4.78 is 7.10. The number of piperidine rings is 1. The maximum absolute atomic E-state index is 5.20. The van der Waals surface area contributed by atoms with E-state index in [1.165, 1.54) is 17.7 Å². The first-order valence-electron chi connectivity index (χ1n) is 8.03. The van der Waals surface area contributed by atoms with Gasteiger partial charge in [0.1, 0.15) is 6.73 Å². The van der Waals surface area contributed by atoms with Crippen molar-refractivity contribution in [2.75, 3.05) is 25.1 Å². The molecule has 1 unspecified atom stereocenters. The van der Waals surface area contributed by atoms with Crippen molar-refractivity contribution in [1.29, 1.82) is 0 Å². The predicted molar refractivity (Wildman–Crippen MR) is 88.1 cm³/mol. The monoisotopic (exact) mass is 316 g/mol. The Labute approximate surface area is 136 Å². The lowest BCUT2D eigenvalue weighted by Crippen LogP contribution is -2.46. The zero-order valence-corrected chi connectivity index (χ0v) is 13.8. The van der Waals surface area contributed by atoms with Crippen molar-refractivity contribution in [2.45, 2.75) is 39.1 Å². The van der Waals surface area contributed by atoms with E-state index in [9.17, 15) is 0 Å². The molecule has 23 heavy (non-hydrogen) atoms. The molecule has 0 radical (unpaired) electrons. The minimum Gasteiger partial charge on any atom is -0.362 e. The van der Waals surface area contributed by atoms with E-state index < -0.39 is 0 Å². The van der Waals surface area contributed by atoms with Crippen molar-refractivity contribution in [3.8, 4) is 0 Å². The van der Waals surface area contributed by atoms with E-state index in [4.69, 9.17) is 4.74 Å². The fourth-order valence-electron chi connectivity index (χ4n) is 2.99. The molecule has 2 aromatic heterocycles. The first-order valence-corrected chi connectivity index (χ1v) is 8.03. The molecule has 1 aliphatic rings. The molecule has 1 N–H and O–H groups in total. The van der Waals surface area contributed by atoms with Crippen LogP contribution in [0.2, 0.25) is 0 Å². The second-order valence-corrected chi connectivity index (χ2v) is 5.91. The molecule has 0 saturated carbocycles. The van der Waals surface area contributed by atoms with Crippen LogP contribution in [-0.2, 0) is 18.0 Å². The highest BCUT2D eigenvalue weighted by atomic mass is 16.5. The van der Waals surface area contributed by atoms with Crippen LogP contribution in [0.3, 0.4) is 0 Å². The zero-order chi connectivity index (χ0) is 16.1. The minimum absolute atomic E-state index is 0.429. The number of rotatable bonds is 6. The van der Waals surface area contributed by atoms with Crippen LogP contribution in [0.15, 0.2) is 24.7 Å². The van der Waals surface area contributed by atoms with Gasteiger partial charge >= 0.3 is 0 Å². The van der Waals surface area contributed by atoms with Gasteiger partial charge in [-0.25, -0.2) is 14.6 Å². The van der Waals surface area contributed by atoms with E-state index in [0.717, 1.165) is 32.0 Å². The fraction of sp³-hybridized carbons (Fsp3) is 0.562. The quantitative estimate of drug-likeness (QED) is 0.867. The predicted octanol–water partition coefficient (Wildman–Crippen LogP) is 1.34. The number of nitrogens with zero attached hydrogens (tertiary/aromatic N) is 5.